The predicted octanol–water partition coefficient (Wildman–Crippen LogP) is 11.3. The van der Waals surface area contributed by atoms with Gasteiger partial charge in [0, 0.05) is 32.8 Å². The first kappa shape index (κ1) is 27.0. The van der Waals surface area contributed by atoms with Gasteiger partial charge in [-0.2, -0.15) is 0 Å². The van der Waals surface area contributed by atoms with Gasteiger partial charge in [0.1, 0.15) is 11.2 Å². The Kier molecular flexibility index (Phi) is 6.43. The van der Waals surface area contributed by atoms with Crippen LogP contribution < -0.4 is 0 Å². The van der Waals surface area contributed by atoms with Gasteiger partial charge in [0.25, 0.3) is 0 Å². The van der Waals surface area contributed by atoms with E-state index < -0.39 is 0 Å². The van der Waals surface area contributed by atoms with Crippen molar-refractivity contribution in [3.8, 4) is 56.4 Å². The zero-order chi connectivity index (χ0) is 31.2. The van der Waals surface area contributed by atoms with E-state index >= 15 is 0 Å². The molecule has 0 aliphatic carbocycles. The fourth-order valence-electron chi connectivity index (χ4n) is 6.48. The Morgan fingerprint density at radius 1 is 0.362 bits per heavy atom. The molecule has 0 unspecified atom stereocenters. The van der Waals surface area contributed by atoms with E-state index in [0.29, 0.717) is 17.5 Å². The Morgan fingerprint density at radius 2 is 0.936 bits per heavy atom. The van der Waals surface area contributed by atoms with Crippen molar-refractivity contribution >= 4 is 32.7 Å². The maximum Gasteiger partial charge on any atom is 0.164 e. The van der Waals surface area contributed by atoms with E-state index in [1.54, 1.807) is 0 Å². The Hall–Kier alpha value is -6.39. The van der Waals surface area contributed by atoms with Crippen LogP contribution in [0.25, 0.3) is 89.1 Å². The number of aromatic nitrogens is 3. The minimum Gasteiger partial charge on any atom is -0.455 e. The summed E-state index contributed by atoms with van der Waals surface area (Å²) in [6.07, 6.45) is 0. The highest BCUT2D eigenvalue weighted by molar-refractivity contribution is 6.21. The van der Waals surface area contributed by atoms with Gasteiger partial charge in [0.2, 0.25) is 0 Å². The van der Waals surface area contributed by atoms with Crippen molar-refractivity contribution in [3.63, 3.8) is 0 Å². The molecule has 7 aromatic carbocycles. The Balaban J connectivity index is 1.34. The molecule has 9 aromatic rings. The lowest BCUT2D eigenvalue weighted by Gasteiger charge is -2.13. The molecular weight excluding hydrogens is 574 g/mol. The van der Waals surface area contributed by atoms with Gasteiger partial charge in [-0.1, -0.05) is 146 Å². The SMILES string of the molecule is c1ccc(-c2ccc3cc(-c4nc(-c5ccccc5)nc(-c5ccccc5-c5ccccc5)n4)c4c5ccccc5oc4c3c2)cc1. The van der Waals surface area contributed by atoms with Crippen LogP contribution in [0.2, 0.25) is 0 Å². The second kappa shape index (κ2) is 11.2. The number of benzene rings is 7. The third-order valence-electron chi connectivity index (χ3n) is 8.73. The van der Waals surface area contributed by atoms with E-state index in [0.717, 1.165) is 71.7 Å². The monoisotopic (exact) mass is 601 g/mol. The molecule has 0 spiro atoms. The van der Waals surface area contributed by atoms with Crippen molar-refractivity contribution in [2.45, 2.75) is 0 Å². The van der Waals surface area contributed by atoms with Gasteiger partial charge in [0.05, 0.1) is 0 Å². The summed E-state index contributed by atoms with van der Waals surface area (Å²) in [5.41, 5.74) is 8.90. The summed E-state index contributed by atoms with van der Waals surface area (Å²) in [4.78, 5) is 15.5. The molecule has 4 heteroatoms. The third-order valence-corrected chi connectivity index (χ3v) is 8.73. The van der Waals surface area contributed by atoms with Crippen molar-refractivity contribution in [2.75, 3.05) is 0 Å². The molecular formula is C43H27N3O. The largest absolute Gasteiger partial charge is 0.455 e. The quantitative estimate of drug-likeness (QED) is 0.197. The first-order valence-corrected chi connectivity index (χ1v) is 15.7. The van der Waals surface area contributed by atoms with Crippen LogP contribution in [0.4, 0.5) is 0 Å². The van der Waals surface area contributed by atoms with Crippen molar-refractivity contribution < 1.29 is 4.42 Å². The minimum absolute atomic E-state index is 0.599. The molecule has 0 saturated heterocycles. The minimum atomic E-state index is 0.599. The van der Waals surface area contributed by atoms with Gasteiger partial charge >= 0.3 is 0 Å². The maximum absolute atomic E-state index is 6.65. The van der Waals surface area contributed by atoms with Crippen LogP contribution in [0.15, 0.2) is 168 Å². The van der Waals surface area contributed by atoms with Gasteiger partial charge in [-0.3, -0.25) is 0 Å². The number of hydrogen-bond donors (Lipinski definition) is 0. The lowest BCUT2D eigenvalue weighted by molar-refractivity contribution is 0.672. The normalized spacial score (nSPS) is 11.4. The smallest absolute Gasteiger partial charge is 0.164 e. The van der Waals surface area contributed by atoms with Gasteiger partial charge in [-0.15, -0.1) is 0 Å². The molecule has 0 amide bonds. The molecule has 9 rings (SSSR count). The third kappa shape index (κ3) is 4.75. The molecule has 47 heavy (non-hydrogen) atoms. The summed E-state index contributed by atoms with van der Waals surface area (Å²) in [5, 5.41) is 4.12. The van der Waals surface area contributed by atoms with E-state index in [1.807, 2.05) is 60.7 Å². The fourth-order valence-corrected chi connectivity index (χ4v) is 6.48. The van der Waals surface area contributed by atoms with E-state index in [1.165, 1.54) is 0 Å². The maximum atomic E-state index is 6.65. The van der Waals surface area contributed by atoms with Crippen molar-refractivity contribution in [1.29, 1.82) is 0 Å². The number of rotatable bonds is 5. The zero-order valence-corrected chi connectivity index (χ0v) is 25.3. The molecule has 0 aliphatic heterocycles. The first-order chi connectivity index (χ1) is 23.3. The average Bonchev–Trinajstić information content (AvgIpc) is 3.55. The highest BCUT2D eigenvalue weighted by Gasteiger charge is 2.21. The number of nitrogens with zero attached hydrogens (tertiary/aromatic N) is 3. The second-order valence-electron chi connectivity index (χ2n) is 11.6. The lowest BCUT2D eigenvalue weighted by atomic mass is 9.96. The molecule has 0 saturated carbocycles. The number of para-hydroxylation sites is 1. The molecule has 220 valence electrons. The zero-order valence-electron chi connectivity index (χ0n) is 25.3. The number of hydrogen-bond acceptors (Lipinski definition) is 4. The van der Waals surface area contributed by atoms with Crippen molar-refractivity contribution in [3.05, 3.63) is 164 Å². The van der Waals surface area contributed by atoms with Crippen LogP contribution in [0.1, 0.15) is 0 Å². The molecule has 0 atom stereocenters. The highest BCUT2D eigenvalue weighted by atomic mass is 16.3. The summed E-state index contributed by atoms with van der Waals surface area (Å²) < 4.78 is 6.65. The van der Waals surface area contributed by atoms with E-state index in [4.69, 9.17) is 19.4 Å². The Morgan fingerprint density at radius 3 is 1.68 bits per heavy atom. The molecule has 0 aliphatic rings. The standard InChI is InChI=1S/C43H27N3O/c1-4-14-28(15-5-1)31-24-25-32-27-37(39-35-22-12-13-23-38(35)47-40(39)36(32)26-31)43-45-41(30-18-8-3-9-19-30)44-42(46-43)34-21-11-10-20-33(34)29-16-6-2-7-17-29/h1-27H. The Labute approximate surface area is 271 Å². The van der Waals surface area contributed by atoms with Crippen LogP contribution in [-0.4, -0.2) is 15.0 Å². The lowest BCUT2D eigenvalue weighted by Crippen LogP contribution is -2.01. The number of furan rings is 1. The summed E-state index contributed by atoms with van der Waals surface area (Å²) in [6, 6.07) is 56.2. The molecule has 0 bridgehead atoms. The molecule has 0 radical (unpaired) electrons. The highest BCUT2D eigenvalue weighted by Crippen LogP contribution is 2.42. The molecule has 2 heterocycles. The topological polar surface area (TPSA) is 51.8 Å². The van der Waals surface area contributed by atoms with Crippen molar-refractivity contribution in [1.82, 2.24) is 15.0 Å². The fraction of sp³-hybridized carbons (Fsp3) is 0. The number of fused-ring (bicyclic) bond motifs is 5. The van der Waals surface area contributed by atoms with Crippen LogP contribution in [-0.2, 0) is 0 Å². The van der Waals surface area contributed by atoms with E-state index in [-0.39, 0.29) is 0 Å². The summed E-state index contributed by atoms with van der Waals surface area (Å²) >= 11 is 0. The molecule has 0 fully saturated rings. The van der Waals surface area contributed by atoms with Gasteiger partial charge in [0.15, 0.2) is 17.5 Å². The molecule has 2 aromatic heterocycles. The predicted molar refractivity (Wildman–Crippen MR) is 192 cm³/mol. The van der Waals surface area contributed by atoms with Gasteiger partial charge < -0.3 is 4.42 Å². The van der Waals surface area contributed by atoms with Crippen LogP contribution in [0.5, 0.6) is 0 Å². The van der Waals surface area contributed by atoms with Gasteiger partial charge in [-0.25, -0.2) is 15.0 Å². The summed E-state index contributed by atoms with van der Waals surface area (Å²) in [5.74, 6) is 1.84. The van der Waals surface area contributed by atoms with Crippen LogP contribution in [0.3, 0.4) is 0 Å². The Bertz CT molecular complexity index is 2560. The van der Waals surface area contributed by atoms with E-state index in [9.17, 15) is 0 Å². The average molecular weight is 602 g/mol. The molecule has 0 N–H and O–H groups in total. The van der Waals surface area contributed by atoms with Crippen LogP contribution >= 0.6 is 0 Å². The summed E-state index contributed by atoms with van der Waals surface area (Å²) in [6.45, 7) is 0. The first-order valence-electron chi connectivity index (χ1n) is 15.7. The van der Waals surface area contributed by atoms with E-state index in [2.05, 4.69) is 103 Å². The van der Waals surface area contributed by atoms with Crippen molar-refractivity contribution in [2.24, 2.45) is 0 Å². The summed E-state index contributed by atoms with van der Waals surface area (Å²) in [7, 11) is 0. The van der Waals surface area contributed by atoms with Crippen LogP contribution in [0, 0.1) is 0 Å². The van der Waals surface area contributed by atoms with Gasteiger partial charge in [-0.05, 0) is 45.8 Å². The second-order valence-corrected chi connectivity index (χ2v) is 11.6. The molecule has 4 nitrogen and oxygen atoms in total.